The van der Waals surface area contributed by atoms with Crippen LogP contribution < -0.4 is 0 Å². The number of aryl methyl sites for hydroxylation is 1. The SMILES string of the molecule is Cc1ccc(-c2nnc(-c3cccc(C(=O)O)c3)o2)c(Cl)c1. The van der Waals surface area contributed by atoms with Crippen LogP contribution >= 0.6 is 11.6 Å². The molecule has 0 aliphatic rings. The monoisotopic (exact) mass is 314 g/mol. The van der Waals surface area contributed by atoms with Gasteiger partial charge in [-0.25, -0.2) is 4.79 Å². The Hall–Kier alpha value is -2.66. The van der Waals surface area contributed by atoms with E-state index in [1.807, 2.05) is 25.1 Å². The highest BCUT2D eigenvalue weighted by Crippen LogP contribution is 2.30. The van der Waals surface area contributed by atoms with Gasteiger partial charge in [-0.1, -0.05) is 23.7 Å². The highest BCUT2D eigenvalue weighted by Gasteiger charge is 2.14. The molecule has 0 amide bonds. The van der Waals surface area contributed by atoms with Crippen molar-refractivity contribution in [2.24, 2.45) is 0 Å². The molecule has 22 heavy (non-hydrogen) atoms. The maximum absolute atomic E-state index is 11.0. The number of carbonyl (C=O) groups is 1. The summed E-state index contributed by atoms with van der Waals surface area (Å²) in [6.07, 6.45) is 0. The van der Waals surface area contributed by atoms with Crippen LogP contribution in [0.1, 0.15) is 15.9 Å². The summed E-state index contributed by atoms with van der Waals surface area (Å²) < 4.78 is 5.61. The van der Waals surface area contributed by atoms with Gasteiger partial charge in [0.25, 0.3) is 0 Å². The molecule has 0 fully saturated rings. The fourth-order valence-corrected chi connectivity index (χ4v) is 2.34. The molecule has 0 unspecified atom stereocenters. The van der Waals surface area contributed by atoms with Gasteiger partial charge >= 0.3 is 5.97 Å². The number of carboxylic acid groups (broad SMARTS) is 1. The highest BCUT2D eigenvalue weighted by atomic mass is 35.5. The number of rotatable bonds is 3. The van der Waals surface area contributed by atoms with Crippen molar-refractivity contribution in [1.82, 2.24) is 10.2 Å². The van der Waals surface area contributed by atoms with Crippen molar-refractivity contribution in [1.29, 1.82) is 0 Å². The minimum absolute atomic E-state index is 0.158. The van der Waals surface area contributed by atoms with Gasteiger partial charge in [0, 0.05) is 5.56 Å². The van der Waals surface area contributed by atoms with Gasteiger partial charge < -0.3 is 9.52 Å². The van der Waals surface area contributed by atoms with Crippen molar-refractivity contribution in [3.63, 3.8) is 0 Å². The second kappa shape index (κ2) is 5.61. The van der Waals surface area contributed by atoms with E-state index in [9.17, 15) is 4.79 Å². The summed E-state index contributed by atoms with van der Waals surface area (Å²) in [5.41, 5.74) is 2.37. The average molecular weight is 315 g/mol. The molecular weight excluding hydrogens is 304 g/mol. The summed E-state index contributed by atoms with van der Waals surface area (Å²) in [6.45, 7) is 1.94. The van der Waals surface area contributed by atoms with Crippen LogP contribution in [0, 0.1) is 6.92 Å². The van der Waals surface area contributed by atoms with Gasteiger partial charge in [-0.15, -0.1) is 10.2 Å². The van der Waals surface area contributed by atoms with Crippen molar-refractivity contribution in [3.8, 4) is 22.9 Å². The quantitative estimate of drug-likeness (QED) is 0.788. The summed E-state index contributed by atoms with van der Waals surface area (Å²) in [7, 11) is 0. The lowest BCUT2D eigenvalue weighted by molar-refractivity contribution is 0.0697. The number of benzene rings is 2. The first-order valence-electron chi connectivity index (χ1n) is 6.48. The van der Waals surface area contributed by atoms with E-state index in [2.05, 4.69) is 10.2 Å². The Labute approximate surface area is 131 Å². The molecule has 0 spiro atoms. The normalized spacial score (nSPS) is 10.6. The zero-order valence-corrected chi connectivity index (χ0v) is 12.3. The third-order valence-corrected chi connectivity index (χ3v) is 3.45. The fourth-order valence-electron chi connectivity index (χ4n) is 2.03. The van der Waals surface area contributed by atoms with E-state index >= 15 is 0 Å². The van der Waals surface area contributed by atoms with E-state index in [1.165, 1.54) is 12.1 Å². The Morgan fingerprint density at radius 3 is 2.64 bits per heavy atom. The molecular formula is C16H11ClN2O3. The number of hydrogen-bond donors (Lipinski definition) is 1. The molecule has 3 rings (SSSR count). The number of aromatic nitrogens is 2. The molecule has 0 saturated carbocycles. The molecule has 1 N–H and O–H groups in total. The van der Waals surface area contributed by atoms with Crippen molar-refractivity contribution < 1.29 is 14.3 Å². The number of hydrogen-bond acceptors (Lipinski definition) is 4. The maximum Gasteiger partial charge on any atom is 0.335 e. The van der Waals surface area contributed by atoms with Crippen LogP contribution in [0.15, 0.2) is 46.9 Å². The average Bonchev–Trinajstić information content (AvgIpc) is 2.97. The third-order valence-electron chi connectivity index (χ3n) is 3.14. The number of aromatic carboxylic acids is 1. The first kappa shape index (κ1) is 14.3. The molecule has 6 heteroatoms. The molecule has 2 aromatic carbocycles. The maximum atomic E-state index is 11.0. The summed E-state index contributed by atoms with van der Waals surface area (Å²) in [4.78, 5) is 11.0. The Balaban J connectivity index is 2.00. The van der Waals surface area contributed by atoms with E-state index in [0.29, 0.717) is 22.0 Å². The van der Waals surface area contributed by atoms with Gasteiger partial charge in [-0.2, -0.15) is 0 Å². The van der Waals surface area contributed by atoms with Crippen LogP contribution in [0.25, 0.3) is 22.9 Å². The minimum Gasteiger partial charge on any atom is -0.478 e. The molecule has 0 aliphatic heterocycles. The zero-order chi connectivity index (χ0) is 15.7. The Morgan fingerprint density at radius 1 is 1.14 bits per heavy atom. The van der Waals surface area contributed by atoms with Crippen molar-refractivity contribution >= 4 is 17.6 Å². The van der Waals surface area contributed by atoms with Crippen LogP contribution in [-0.4, -0.2) is 21.3 Å². The van der Waals surface area contributed by atoms with Crippen molar-refractivity contribution in [2.75, 3.05) is 0 Å². The largest absolute Gasteiger partial charge is 0.478 e. The molecule has 0 radical (unpaired) electrons. The Kier molecular flexibility index (Phi) is 3.65. The summed E-state index contributed by atoms with van der Waals surface area (Å²) >= 11 is 6.18. The molecule has 110 valence electrons. The summed E-state index contributed by atoms with van der Waals surface area (Å²) in [6, 6.07) is 11.8. The number of nitrogens with zero attached hydrogens (tertiary/aromatic N) is 2. The number of carboxylic acids is 1. The standard InChI is InChI=1S/C16H11ClN2O3/c1-9-5-6-12(13(17)7-9)15-19-18-14(22-15)10-3-2-4-11(8-10)16(20)21/h2-8H,1H3,(H,20,21). The third kappa shape index (κ3) is 2.71. The molecule has 0 atom stereocenters. The first-order chi connectivity index (χ1) is 10.5. The predicted octanol–water partition coefficient (Wildman–Crippen LogP) is 4.06. The molecule has 3 aromatic rings. The van der Waals surface area contributed by atoms with Gasteiger partial charge in [-0.05, 0) is 42.8 Å². The van der Waals surface area contributed by atoms with Gasteiger partial charge in [0.15, 0.2) is 0 Å². The van der Waals surface area contributed by atoms with Gasteiger partial charge in [0.1, 0.15) is 0 Å². The predicted molar refractivity (Wildman–Crippen MR) is 81.9 cm³/mol. The van der Waals surface area contributed by atoms with E-state index in [4.69, 9.17) is 21.1 Å². The first-order valence-corrected chi connectivity index (χ1v) is 6.86. The van der Waals surface area contributed by atoms with Gasteiger partial charge in [0.05, 0.1) is 16.1 Å². The van der Waals surface area contributed by atoms with Crippen molar-refractivity contribution in [2.45, 2.75) is 6.92 Å². The topological polar surface area (TPSA) is 76.2 Å². The summed E-state index contributed by atoms with van der Waals surface area (Å²) in [5.74, 6) is -0.473. The van der Waals surface area contributed by atoms with Crippen LogP contribution in [0.4, 0.5) is 0 Å². The minimum atomic E-state index is -1.01. The Morgan fingerprint density at radius 2 is 1.91 bits per heavy atom. The van der Waals surface area contributed by atoms with Crippen LogP contribution in [-0.2, 0) is 0 Å². The van der Waals surface area contributed by atoms with E-state index in [0.717, 1.165) is 5.56 Å². The van der Waals surface area contributed by atoms with Crippen molar-refractivity contribution in [3.05, 3.63) is 58.6 Å². The lowest BCUT2D eigenvalue weighted by Gasteiger charge is -2.00. The lowest BCUT2D eigenvalue weighted by Crippen LogP contribution is -1.95. The van der Waals surface area contributed by atoms with Crippen LogP contribution in [0.5, 0.6) is 0 Å². The van der Waals surface area contributed by atoms with E-state index < -0.39 is 5.97 Å². The van der Waals surface area contributed by atoms with E-state index in [-0.39, 0.29) is 11.5 Å². The lowest BCUT2D eigenvalue weighted by atomic mass is 10.1. The molecule has 0 saturated heterocycles. The number of halogens is 1. The molecule has 0 aliphatic carbocycles. The second-order valence-corrected chi connectivity index (χ2v) is 5.19. The molecule has 1 aromatic heterocycles. The fraction of sp³-hybridized carbons (Fsp3) is 0.0625. The van der Waals surface area contributed by atoms with Crippen LogP contribution in [0.2, 0.25) is 5.02 Å². The molecule has 0 bridgehead atoms. The molecule has 5 nitrogen and oxygen atoms in total. The summed E-state index contributed by atoms with van der Waals surface area (Å²) in [5, 5.41) is 17.5. The zero-order valence-electron chi connectivity index (χ0n) is 11.6. The smallest absolute Gasteiger partial charge is 0.335 e. The van der Waals surface area contributed by atoms with Crippen LogP contribution in [0.3, 0.4) is 0 Å². The molecule has 1 heterocycles. The van der Waals surface area contributed by atoms with Gasteiger partial charge in [-0.3, -0.25) is 0 Å². The highest BCUT2D eigenvalue weighted by molar-refractivity contribution is 6.33. The van der Waals surface area contributed by atoms with Gasteiger partial charge in [0.2, 0.25) is 11.8 Å². The second-order valence-electron chi connectivity index (χ2n) is 4.78. The van der Waals surface area contributed by atoms with E-state index in [1.54, 1.807) is 12.1 Å². The Bertz CT molecular complexity index is 858.